The van der Waals surface area contributed by atoms with Crippen molar-refractivity contribution in [1.82, 2.24) is 0 Å². The van der Waals surface area contributed by atoms with Crippen molar-refractivity contribution in [1.29, 1.82) is 0 Å². The number of hydrogen-bond acceptors (Lipinski definition) is 2. The molecule has 0 aliphatic carbocycles. The SMILES string of the molecule is CC1(C)COc2ccc(C(=O)c3ccc(Cl)cc3)cc21. The summed E-state index contributed by atoms with van der Waals surface area (Å²) < 4.78 is 5.64. The first-order chi connectivity index (χ1) is 9.47. The molecule has 0 fully saturated rings. The van der Waals surface area contributed by atoms with E-state index < -0.39 is 0 Å². The van der Waals surface area contributed by atoms with E-state index in [0.29, 0.717) is 22.8 Å². The van der Waals surface area contributed by atoms with Gasteiger partial charge in [0.1, 0.15) is 5.75 Å². The number of rotatable bonds is 2. The summed E-state index contributed by atoms with van der Waals surface area (Å²) >= 11 is 5.85. The first-order valence-corrected chi connectivity index (χ1v) is 6.93. The average molecular weight is 287 g/mol. The third-order valence-corrected chi connectivity index (χ3v) is 3.92. The fraction of sp³-hybridized carbons (Fsp3) is 0.235. The van der Waals surface area contributed by atoms with Gasteiger partial charge in [0, 0.05) is 27.1 Å². The molecule has 2 nitrogen and oxygen atoms in total. The maximum Gasteiger partial charge on any atom is 0.193 e. The summed E-state index contributed by atoms with van der Waals surface area (Å²) in [5.74, 6) is 0.884. The average Bonchev–Trinajstić information content (AvgIpc) is 2.74. The van der Waals surface area contributed by atoms with Crippen LogP contribution in [0.2, 0.25) is 5.02 Å². The molecule has 0 unspecified atom stereocenters. The van der Waals surface area contributed by atoms with Gasteiger partial charge in [0.25, 0.3) is 0 Å². The van der Waals surface area contributed by atoms with E-state index >= 15 is 0 Å². The Bertz CT molecular complexity index is 672. The molecule has 0 bridgehead atoms. The minimum Gasteiger partial charge on any atom is -0.492 e. The van der Waals surface area contributed by atoms with Gasteiger partial charge in [0.05, 0.1) is 6.61 Å². The van der Waals surface area contributed by atoms with Crippen molar-refractivity contribution in [3.63, 3.8) is 0 Å². The second-order valence-corrected chi connectivity index (χ2v) is 6.16. The van der Waals surface area contributed by atoms with E-state index in [9.17, 15) is 4.79 Å². The lowest BCUT2D eigenvalue weighted by molar-refractivity contribution is 0.103. The van der Waals surface area contributed by atoms with Gasteiger partial charge in [-0.25, -0.2) is 0 Å². The standard InChI is InChI=1S/C17H15ClO2/c1-17(2)10-20-15-8-5-12(9-14(15)17)16(19)11-3-6-13(18)7-4-11/h3-9H,10H2,1-2H3. The normalized spacial score (nSPS) is 15.6. The molecule has 0 N–H and O–H groups in total. The van der Waals surface area contributed by atoms with E-state index in [1.807, 2.05) is 18.2 Å². The Morgan fingerprint density at radius 2 is 1.75 bits per heavy atom. The van der Waals surface area contributed by atoms with Crippen molar-refractivity contribution in [2.24, 2.45) is 0 Å². The van der Waals surface area contributed by atoms with Gasteiger partial charge < -0.3 is 4.74 Å². The van der Waals surface area contributed by atoms with E-state index in [-0.39, 0.29) is 11.2 Å². The summed E-state index contributed by atoms with van der Waals surface area (Å²) in [5.41, 5.74) is 2.37. The second-order valence-electron chi connectivity index (χ2n) is 5.72. The van der Waals surface area contributed by atoms with Crippen molar-refractivity contribution < 1.29 is 9.53 Å². The Morgan fingerprint density at radius 1 is 1.10 bits per heavy atom. The molecule has 1 aliphatic rings. The topological polar surface area (TPSA) is 26.3 Å². The molecule has 2 aromatic carbocycles. The van der Waals surface area contributed by atoms with Gasteiger partial charge in [-0.2, -0.15) is 0 Å². The fourth-order valence-corrected chi connectivity index (χ4v) is 2.56. The molecule has 1 heterocycles. The monoisotopic (exact) mass is 286 g/mol. The zero-order valence-electron chi connectivity index (χ0n) is 11.4. The molecule has 0 radical (unpaired) electrons. The Morgan fingerprint density at radius 3 is 2.45 bits per heavy atom. The predicted octanol–water partition coefficient (Wildman–Crippen LogP) is 4.24. The molecule has 1 aliphatic heterocycles. The van der Waals surface area contributed by atoms with Crippen LogP contribution in [0.15, 0.2) is 42.5 Å². The van der Waals surface area contributed by atoms with Gasteiger partial charge in [0.2, 0.25) is 0 Å². The summed E-state index contributed by atoms with van der Waals surface area (Å²) in [6.45, 7) is 4.89. The van der Waals surface area contributed by atoms with Crippen LogP contribution in [0.4, 0.5) is 0 Å². The first-order valence-electron chi connectivity index (χ1n) is 6.55. The zero-order valence-corrected chi connectivity index (χ0v) is 12.2. The number of fused-ring (bicyclic) bond motifs is 1. The van der Waals surface area contributed by atoms with E-state index in [2.05, 4.69) is 13.8 Å². The molecular formula is C17H15ClO2. The number of carbonyl (C=O) groups excluding carboxylic acids is 1. The number of hydrogen-bond donors (Lipinski definition) is 0. The molecule has 102 valence electrons. The molecule has 0 aromatic heterocycles. The highest BCUT2D eigenvalue weighted by molar-refractivity contribution is 6.30. The maximum atomic E-state index is 12.5. The summed E-state index contributed by atoms with van der Waals surface area (Å²) in [5, 5.41) is 0.630. The van der Waals surface area contributed by atoms with Crippen LogP contribution in [0, 0.1) is 0 Å². The van der Waals surface area contributed by atoms with Crippen LogP contribution in [0.25, 0.3) is 0 Å². The first kappa shape index (κ1) is 13.2. The van der Waals surface area contributed by atoms with Crippen LogP contribution in [-0.2, 0) is 5.41 Å². The molecule has 2 aromatic rings. The summed E-state index contributed by atoms with van der Waals surface area (Å²) in [4.78, 5) is 12.5. The van der Waals surface area contributed by atoms with Crippen molar-refractivity contribution in [2.75, 3.05) is 6.61 Å². The molecule has 0 saturated heterocycles. The van der Waals surface area contributed by atoms with Crippen LogP contribution in [0.1, 0.15) is 35.3 Å². The van der Waals surface area contributed by atoms with Gasteiger partial charge in [0.15, 0.2) is 5.78 Å². The number of benzene rings is 2. The molecule has 0 amide bonds. The lowest BCUT2D eigenvalue weighted by atomic mass is 9.85. The molecule has 0 saturated carbocycles. The summed E-state index contributed by atoms with van der Waals surface area (Å²) in [6, 6.07) is 12.6. The molecule has 0 spiro atoms. The van der Waals surface area contributed by atoms with Crippen LogP contribution in [0.3, 0.4) is 0 Å². The summed E-state index contributed by atoms with van der Waals surface area (Å²) in [6.07, 6.45) is 0. The number of ether oxygens (including phenoxy) is 1. The van der Waals surface area contributed by atoms with Gasteiger partial charge >= 0.3 is 0 Å². The van der Waals surface area contributed by atoms with Gasteiger partial charge in [-0.15, -0.1) is 0 Å². The minimum atomic E-state index is -0.0500. The zero-order chi connectivity index (χ0) is 14.3. The highest BCUT2D eigenvalue weighted by Gasteiger charge is 2.32. The Labute approximate surface area is 123 Å². The highest BCUT2D eigenvalue weighted by Crippen LogP contribution is 2.38. The van der Waals surface area contributed by atoms with Crippen molar-refractivity contribution >= 4 is 17.4 Å². The predicted molar refractivity (Wildman–Crippen MR) is 79.8 cm³/mol. The van der Waals surface area contributed by atoms with Crippen molar-refractivity contribution in [3.8, 4) is 5.75 Å². The lowest BCUT2D eigenvalue weighted by Crippen LogP contribution is -2.18. The molecule has 3 heteroatoms. The smallest absolute Gasteiger partial charge is 0.193 e. The van der Waals surface area contributed by atoms with Crippen LogP contribution >= 0.6 is 11.6 Å². The molecule has 3 rings (SSSR count). The lowest BCUT2D eigenvalue weighted by Gasteiger charge is -2.15. The van der Waals surface area contributed by atoms with Gasteiger partial charge in [-0.1, -0.05) is 25.4 Å². The number of carbonyl (C=O) groups is 1. The quantitative estimate of drug-likeness (QED) is 0.772. The second kappa shape index (κ2) is 4.64. The third-order valence-electron chi connectivity index (χ3n) is 3.67. The fourth-order valence-electron chi connectivity index (χ4n) is 2.43. The Kier molecular flexibility index (Phi) is 3.06. The van der Waals surface area contributed by atoms with E-state index in [1.54, 1.807) is 24.3 Å². The van der Waals surface area contributed by atoms with Crippen LogP contribution < -0.4 is 4.74 Å². The molecule has 0 atom stereocenters. The minimum absolute atomic E-state index is 0.00664. The van der Waals surface area contributed by atoms with Gasteiger partial charge in [-0.05, 0) is 42.5 Å². The largest absolute Gasteiger partial charge is 0.492 e. The van der Waals surface area contributed by atoms with Crippen LogP contribution in [0.5, 0.6) is 5.75 Å². The maximum absolute atomic E-state index is 12.5. The van der Waals surface area contributed by atoms with Crippen LogP contribution in [-0.4, -0.2) is 12.4 Å². The van der Waals surface area contributed by atoms with Crippen molar-refractivity contribution in [2.45, 2.75) is 19.3 Å². The molecule has 20 heavy (non-hydrogen) atoms. The number of ketones is 1. The van der Waals surface area contributed by atoms with E-state index in [4.69, 9.17) is 16.3 Å². The Hall–Kier alpha value is -1.80. The van der Waals surface area contributed by atoms with E-state index in [0.717, 1.165) is 11.3 Å². The van der Waals surface area contributed by atoms with Crippen molar-refractivity contribution in [3.05, 3.63) is 64.2 Å². The number of halogens is 1. The van der Waals surface area contributed by atoms with Gasteiger partial charge in [-0.3, -0.25) is 4.79 Å². The third kappa shape index (κ3) is 2.20. The Balaban J connectivity index is 1.99. The summed E-state index contributed by atoms with van der Waals surface area (Å²) in [7, 11) is 0. The highest BCUT2D eigenvalue weighted by atomic mass is 35.5. The molecular weight excluding hydrogens is 272 g/mol. The van der Waals surface area contributed by atoms with E-state index in [1.165, 1.54) is 0 Å².